The third-order valence-corrected chi connectivity index (χ3v) is 6.55. The van der Waals surface area contributed by atoms with Crippen molar-refractivity contribution < 1.29 is 23.5 Å². The Morgan fingerprint density at radius 3 is 2.74 bits per heavy atom. The van der Waals surface area contributed by atoms with Crippen molar-refractivity contribution in [2.75, 3.05) is 26.1 Å². The Kier molecular flexibility index (Phi) is 5.99. The highest BCUT2D eigenvalue weighted by Crippen LogP contribution is 2.40. The highest BCUT2D eigenvalue weighted by molar-refractivity contribution is 7.18. The summed E-state index contributed by atoms with van der Waals surface area (Å²) in [6.45, 7) is 2.55. The van der Waals surface area contributed by atoms with Crippen LogP contribution in [0.5, 0.6) is 11.5 Å². The molecular weight excluding hydrogens is 416 g/mol. The second-order valence-corrected chi connectivity index (χ2v) is 8.37. The molecule has 1 N–H and O–H groups in total. The number of carbonyl (C=O) groups is 2. The van der Waals surface area contributed by atoms with E-state index in [1.54, 1.807) is 26.4 Å². The Balaban J connectivity index is 1.56. The van der Waals surface area contributed by atoms with Crippen molar-refractivity contribution >= 4 is 28.2 Å². The molecule has 2 amide bonds. The summed E-state index contributed by atoms with van der Waals surface area (Å²) < 4.78 is 16.0. The summed E-state index contributed by atoms with van der Waals surface area (Å²) in [7, 11) is 3.23. The van der Waals surface area contributed by atoms with Gasteiger partial charge in [-0.05, 0) is 55.7 Å². The van der Waals surface area contributed by atoms with Gasteiger partial charge in [-0.3, -0.25) is 9.59 Å². The molecule has 1 atom stereocenters. The number of hydrogen-bond acceptors (Lipinski definition) is 6. The second kappa shape index (κ2) is 8.85. The monoisotopic (exact) mass is 440 g/mol. The van der Waals surface area contributed by atoms with Crippen LogP contribution < -0.4 is 14.8 Å². The summed E-state index contributed by atoms with van der Waals surface area (Å²) in [6.07, 6.45) is 3.23. The number of likely N-dealkylation sites (tertiary alicyclic amines) is 1. The fourth-order valence-electron chi connectivity index (χ4n) is 3.89. The number of amides is 2. The zero-order valence-electron chi connectivity index (χ0n) is 17.6. The van der Waals surface area contributed by atoms with Gasteiger partial charge >= 0.3 is 0 Å². The average molecular weight is 441 g/mol. The largest absolute Gasteiger partial charge is 0.497 e. The number of nitrogens with zero attached hydrogens (tertiary/aromatic N) is 1. The van der Waals surface area contributed by atoms with E-state index in [1.807, 2.05) is 36.1 Å². The van der Waals surface area contributed by atoms with Crippen LogP contribution >= 0.6 is 11.3 Å². The van der Waals surface area contributed by atoms with Crippen LogP contribution in [0.15, 0.2) is 47.1 Å². The van der Waals surface area contributed by atoms with Crippen molar-refractivity contribution in [3.8, 4) is 11.5 Å². The number of methoxy groups -OCH3 is 2. The summed E-state index contributed by atoms with van der Waals surface area (Å²) >= 11 is 1.28. The molecule has 162 valence electrons. The summed E-state index contributed by atoms with van der Waals surface area (Å²) in [6, 6.07) is 10.7. The minimum Gasteiger partial charge on any atom is -0.497 e. The van der Waals surface area contributed by atoms with Crippen LogP contribution in [0.2, 0.25) is 0 Å². The van der Waals surface area contributed by atoms with Crippen LogP contribution in [-0.2, 0) is 0 Å². The number of thiophene rings is 1. The molecule has 0 bridgehead atoms. The summed E-state index contributed by atoms with van der Waals surface area (Å²) in [5.41, 5.74) is 1.80. The SMILES string of the molecule is COc1ccc(C2CCCN2C(=O)c2sc(NC(=O)c3ccco3)cc2C)c(OC)c1. The second-order valence-electron chi connectivity index (χ2n) is 7.32. The Bertz CT molecular complexity index is 1090. The Labute approximate surface area is 184 Å². The molecule has 1 unspecified atom stereocenters. The van der Waals surface area contributed by atoms with Crippen LogP contribution in [0, 0.1) is 6.92 Å². The van der Waals surface area contributed by atoms with E-state index < -0.39 is 0 Å². The molecule has 1 aromatic carbocycles. The van der Waals surface area contributed by atoms with Crippen molar-refractivity contribution in [3.05, 3.63) is 64.4 Å². The van der Waals surface area contributed by atoms with Crippen molar-refractivity contribution in [2.24, 2.45) is 0 Å². The molecule has 0 radical (unpaired) electrons. The molecule has 7 nitrogen and oxygen atoms in total. The number of hydrogen-bond donors (Lipinski definition) is 1. The first kappa shape index (κ1) is 21.0. The van der Waals surface area contributed by atoms with E-state index in [4.69, 9.17) is 13.9 Å². The zero-order chi connectivity index (χ0) is 22.0. The minimum atomic E-state index is -0.340. The summed E-state index contributed by atoms with van der Waals surface area (Å²) in [5.74, 6) is 1.26. The highest BCUT2D eigenvalue weighted by atomic mass is 32.1. The van der Waals surface area contributed by atoms with Gasteiger partial charge in [0.05, 0.1) is 36.4 Å². The summed E-state index contributed by atoms with van der Waals surface area (Å²) in [4.78, 5) is 28.2. The number of carbonyl (C=O) groups excluding carboxylic acids is 2. The first-order valence-corrected chi connectivity index (χ1v) is 10.8. The molecule has 0 aliphatic carbocycles. The standard InChI is InChI=1S/C23H24N2O5S/c1-14-12-20(24-22(26)18-7-5-11-30-18)31-21(14)23(27)25-10-4-6-17(25)16-9-8-15(28-2)13-19(16)29-3/h5,7-9,11-13,17H,4,6,10H2,1-3H3,(H,24,26). The predicted molar refractivity (Wildman–Crippen MR) is 118 cm³/mol. The number of furan rings is 1. The van der Waals surface area contributed by atoms with Gasteiger partial charge < -0.3 is 24.1 Å². The van der Waals surface area contributed by atoms with E-state index in [0.717, 1.165) is 24.0 Å². The van der Waals surface area contributed by atoms with Crippen LogP contribution in [0.3, 0.4) is 0 Å². The van der Waals surface area contributed by atoms with Crippen LogP contribution in [0.4, 0.5) is 5.00 Å². The molecule has 0 saturated carbocycles. The number of ether oxygens (including phenoxy) is 2. The molecule has 2 aromatic heterocycles. The molecule has 1 fully saturated rings. The molecule has 31 heavy (non-hydrogen) atoms. The molecule has 0 spiro atoms. The fraction of sp³-hybridized carbons (Fsp3) is 0.304. The lowest BCUT2D eigenvalue weighted by atomic mass is 10.0. The Morgan fingerprint density at radius 1 is 1.19 bits per heavy atom. The van der Waals surface area contributed by atoms with E-state index in [2.05, 4.69) is 5.32 Å². The Hall–Kier alpha value is -3.26. The van der Waals surface area contributed by atoms with Gasteiger partial charge in [0, 0.05) is 18.2 Å². The third kappa shape index (κ3) is 4.16. The first-order chi connectivity index (χ1) is 15.0. The van der Waals surface area contributed by atoms with E-state index in [1.165, 1.54) is 17.6 Å². The number of nitrogens with one attached hydrogen (secondary N) is 1. The Morgan fingerprint density at radius 2 is 2.03 bits per heavy atom. The normalized spacial score (nSPS) is 15.7. The number of anilines is 1. The van der Waals surface area contributed by atoms with E-state index >= 15 is 0 Å². The average Bonchev–Trinajstić information content (AvgIpc) is 3.53. The lowest BCUT2D eigenvalue weighted by molar-refractivity contribution is 0.0738. The first-order valence-electron chi connectivity index (χ1n) is 10.00. The van der Waals surface area contributed by atoms with Crippen molar-refractivity contribution in [1.29, 1.82) is 0 Å². The lowest BCUT2D eigenvalue weighted by Gasteiger charge is -2.26. The van der Waals surface area contributed by atoms with Crippen LogP contribution in [0.25, 0.3) is 0 Å². The quantitative estimate of drug-likeness (QED) is 0.590. The highest BCUT2D eigenvalue weighted by Gasteiger charge is 2.34. The lowest BCUT2D eigenvalue weighted by Crippen LogP contribution is -2.30. The van der Waals surface area contributed by atoms with Gasteiger partial charge in [-0.1, -0.05) is 0 Å². The number of rotatable bonds is 6. The van der Waals surface area contributed by atoms with Gasteiger partial charge in [0.25, 0.3) is 11.8 Å². The maximum absolute atomic E-state index is 13.4. The van der Waals surface area contributed by atoms with Gasteiger partial charge in [-0.2, -0.15) is 0 Å². The molecule has 1 saturated heterocycles. The zero-order valence-corrected chi connectivity index (χ0v) is 18.5. The van der Waals surface area contributed by atoms with Gasteiger partial charge in [0.2, 0.25) is 0 Å². The van der Waals surface area contributed by atoms with Crippen LogP contribution in [-0.4, -0.2) is 37.5 Å². The predicted octanol–water partition coefficient (Wildman–Crippen LogP) is 4.90. The minimum absolute atomic E-state index is 0.0404. The molecule has 3 heterocycles. The van der Waals surface area contributed by atoms with Gasteiger partial charge in [-0.25, -0.2) is 0 Å². The maximum Gasteiger partial charge on any atom is 0.291 e. The van der Waals surface area contributed by atoms with Crippen molar-refractivity contribution in [3.63, 3.8) is 0 Å². The number of aryl methyl sites for hydroxylation is 1. The van der Waals surface area contributed by atoms with Gasteiger partial charge in [0.15, 0.2) is 5.76 Å². The topological polar surface area (TPSA) is 81.0 Å². The fourth-order valence-corrected chi connectivity index (χ4v) is 4.92. The van der Waals surface area contributed by atoms with Crippen molar-refractivity contribution in [2.45, 2.75) is 25.8 Å². The van der Waals surface area contributed by atoms with E-state index in [0.29, 0.717) is 27.9 Å². The van der Waals surface area contributed by atoms with Crippen molar-refractivity contribution in [1.82, 2.24) is 4.90 Å². The summed E-state index contributed by atoms with van der Waals surface area (Å²) in [5, 5.41) is 3.42. The number of benzene rings is 1. The third-order valence-electron chi connectivity index (χ3n) is 5.41. The van der Waals surface area contributed by atoms with E-state index in [-0.39, 0.29) is 23.6 Å². The molecular formula is C23H24N2O5S. The maximum atomic E-state index is 13.4. The molecule has 1 aliphatic rings. The molecule has 8 heteroatoms. The molecule has 3 aromatic rings. The molecule has 1 aliphatic heterocycles. The van der Waals surface area contributed by atoms with Crippen LogP contribution in [0.1, 0.15) is 50.2 Å². The van der Waals surface area contributed by atoms with E-state index in [9.17, 15) is 9.59 Å². The smallest absolute Gasteiger partial charge is 0.291 e. The van der Waals surface area contributed by atoms with Gasteiger partial charge in [-0.15, -0.1) is 11.3 Å². The molecule has 4 rings (SSSR count). The van der Waals surface area contributed by atoms with Gasteiger partial charge in [0.1, 0.15) is 11.5 Å².